The van der Waals surface area contributed by atoms with Gasteiger partial charge in [0.2, 0.25) is 5.91 Å². The second kappa shape index (κ2) is 9.90. The number of nitrogens with zero attached hydrogens (tertiary/aromatic N) is 1. The van der Waals surface area contributed by atoms with Gasteiger partial charge in [-0.25, -0.2) is 0 Å². The number of nitrogens with two attached hydrogens (primary N) is 1. The third-order valence-corrected chi connectivity index (χ3v) is 4.97. The van der Waals surface area contributed by atoms with Gasteiger partial charge in [0.25, 0.3) is 5.91 Å². The van der Waals surface area contributed by atoms with Gasteiger partial charge >= 0.3 is 6.18 Å². The summed E-state index contributed by atoms with van der Waals surface area (Å²) in [5.74, 6) is -1.83. The summed E-state index contributed by atoms with van der Waals surface area (Å²) >= 11 is 0. The van der Waals surface area contributed by atoms with Gasteiger partial charge in [-0.05, 0) is 49.2 Å². The topological polar surface area (TPSA) is 120 Å². The number of nitrogens with one attached hydrogen (secondary N) is 2. The minimum Gasteiger partial charge on any atom is -0.508 e. The molecule has 2 amide bonds. The standard InChI is InChI=1S/C21H21F3N4O3.ClH/c22-21(23,24)16-11-14(4-5-15(16)20(31)28-7-1-2-8-28)27-18(30)10-13-9-12(19(25)26)3-6-17(13)29;/h3-6,9,11,29H,1-2,7-8,10H2,(H3,25,26)(H,27,30);1H. The molecule has 7 nitrogen and oxygen atoms in total. The van der Waals surface area contributed by atoms with Crippen LogP contribution in [0, 0.1) is 5.41 Å². The van der Waals surface area contributed by atoms with Gasteiger partial charge in [0.05, 0.1) is 17.5 Å². The highest BCUT2D eigenvalue weighted by atomic mass is 35.5. The SMILES string of the molecule is Cl.N=C(N)c1ccc(O)c(CC(=O)Nc2ccc(C(=O)N3CCCC3)c(C(F)(F)F)c2)c1. The lowest BCUT2D eigenvalue weighted by molar-refractivity contribution is -0.138. The third-order valence-electron chi connectivity index (χ3n) is 4.97. The van der Waals surface area contributed by atoms with Crippen LogP contribution in [0.25, 0.3) is 0 Å². The van der Waals surface area contributed by atoms with Crippen LogP contribution < -0.4 is 11.1 Å². The van der Waals surface area contributed by atoms with E-state index >= 15 is 0 Å². The summed E-state index contributed by atoms with van der Waals surface area (Å²) in [5.41, 5.74) is 4.15. The number of phenolic OH excluding ortho intramolecular Hbond substituents is 1. The van der Waals surface area contributed by atoms with Crippen molar-refractivity contribution in [2.75, 3.05) is 18.4 Å². The summed E-state index contributed by atoms with van der Waals surface area (Å²) in [4.78, 5) is 26.2. The Morgan fingerprint density at radius 1 is 1.12 bits per heavy atom. The Kier molecular flexibility index (Phi) is 7.73. The smallest absolute Gasteiger partial charge is 0.417 e. The van der Waals surface area contributed by atoms with Gasteiger partial charge in [0, 0.05) is 29.9 Å². The van der Waals surface area contributed by atoms with Crippen molar-refractivity contribution in [3.8, 4) is 5.75 Å². The molecule has 0 atom stereocenters. The van der Waals surface area contributed by atoms with Gasteiger partial charge in [-0.2, -0.15) is 13.2 Å². The Bertz CT molecular complexity index is 1040. The van der Waals surface area contributed by atoms with Crippen LogP contribution in [0.4, 0.5) is 18.9 Å². The van der Waals surface area contributed by atoms with E-state index in [0.717, 1.165) is 25.0 Å². The molecule has 1 aliphatic rings. The predicted molar refractivity (Wildman–Crippen MR) is 115 cm³/mol. The van der Waals surface area contributed by atoms with Crippen molar-refractivity contribution in [2.45, 2.75) is 25.4 Å². The average molecular weight is 471 g/mol. The number of halogens is 4. The first-order valence-corrected chi connectivity index (χ1v) is 9.53. The number of hydrogen-bond acceptors (Lipinski definition) is 4. The Morgan fingerprint density at radius 3 is 2.38 bits per heavy atom. The van der Waals surface area contributed by atoms with E-state index in [2.05, 4.69) is 5.32 Å². The van der Waals surface area contributed by atoms with E-state index in [-0.39, 0.29) is 41.7 Å². The number of amides is 2. The van der Waals surface area contributed by atoms with Gasteiger partial charge in [0.15, 0.2) is 0 Å². The van der Waals surface area contributed by atoms with E-state index in [1.807, 2.05) is 0 Å². The number of carbonyl (C=O) groups is 2. The maximum atomic E-state index is 13.6. The molecule has 0 unspecified atom stereocenters. The molecular weight excluding hydrogens is 449 g/mol. The van der Waals surface area contributed by atoms with Crippen LogP contribution in [0.15, 0.2) is 36.4 Å². The Morgan fingerprint density at radius 2 is 1.78 bits per heavy atom. The maximum Gasteiger partial charge on any atom is 0.417 e. The van der Waals surface area contributed by atoms with Gasteiger partial charge < -0.3 is 21.1 Å². The van der Waals surface area contributed by atoms with Gasteiger partial charge in [-0.3, -0.25) is 15.0 Å². The predicted octanol–water partition coefficient (Wildman–Crippen LogP) is 3.53. The fourth-order valence-corrected chi connectivity index (χ4v) is 3.41. The molecule has 0 saturated carbocycles. The number of aromatic hydroxyl groups is 1. The first-order chi connectivity index (χ1) is 14.6. The summed E-state index contributed by atoms with van der Waals surface area (Å²) in [5, 5.41) is 19.7. The molecule has 32 heavy (non-hydrogen) atoms. The number of phenols is 1. The molecule has 11 heteroatoms. The van der Waals surface area contributed by atoms with E-state index in [4.69, 9.17) is 11.1 Å². The number of carbonyl (C=O) groups excluding carboxylic acids is 2. The summed E-state index contributed by atoms with van der Waals surface area (Å²) in [6.45, 7) is 0.828. The maximum absolute atomic E-state index is 13.6. The molecule has 1 fully saturated rings. The summed E-state index contributed by atoms with van der Waals surface area (Å²) in [6, 6.07) is 7.07. The van der Waals surface area contributed by atoms with Crippen molar-refractivity contribution in [1.29, 1.82) is 5.41 Å². The Labute approximate surface area is 188 Å². The van der Waals surface area contributed by atoms with E-state index in [0.29, 0.717) is 18.7 Å². The summed E-state index contributed by atoms with van der Waals surface area (Å²) < 4.78 is 40.8. The first kappa shape index (κ1) is 25.0. The minimum atomic E-state index is -4.78. The molecule has 5 N–H and O–H groups in total. The number of alkyl halides is 3. The number of nitrogen functional groups attached to an aromatic ring is 1. The van der Waals surface area contributed by atoms with Crippen molar-refractivity contribution < 1.29 is 27.9 Å². The fourth-order valence-electron chi connectivity index (χ4n) is 3.41. The lowest BCUT2D eigenvalue weighted by Crippen LogP contribution is -2.30. The highest BCUT2D eigenvalue weighted by molar-refractivity contribution is 5.98. The zero-order valence-electron chi connectivity index (χ0n) is 16.8. The van der Waals surface area contributed by atoms with Crippen LogP contribution in [-0.2, 0) is 17.4 Å². The molecular formula is C21H22ClF3N4O3. The van der Waals surface area contributed by atoms with E-state index in [9.17, 15) is 27.9 Å². The zero-order valence-corrected chi connectivity index (χ0v) is 17.6. The van der Waals surface area contributed by atoms with Crippen molar-refractivity contribution >= 4 is 35.7 Å². The Balaban J connectivity index is 0.00000363. The van der Waals surface area contributed by atoms with Crippen molar-refractivity contribution in [3.05, 3.63) is 58.7 Å². The molecule has 2 aromatic carbocycles. The molecule has 1 aliphatic heterocycles. The van der Waals surface area contributed by atoms with Crippen molar-refractivity contribution in [3.63, 3.8) is 0 Å². The van der Waals surface area contributed by atoms with Crippen LogP contribution in [0.3, 0.4) is 0 Å². The number of likely N-dealkylation sites (tertiary alicyclic amines) is 1. The monoisotopic (exact) mass is 470 g/mol. The molecule has 0 spiro atoms. The lowest BCUT2D eigenvalue weighted by Gasteiger charge is -2.19. The van der Waals surface area contributed by atoms with Crippen LogP contribution in [0.1, 0.15) is 39.9 Å². The molecule has 1 saturated heterocycles. The average Bonchev–Trinajstić information content (AvgIpc) is 3.23. The van der Waals surface area contributed by atoms with Gasteiger partial charge in [0.1, 0.15) is 11.6 Å². The number of benzene rings is 2. The second-order valence-electron chi connectivity index (χ2n) is 7.24. The molecule has 3 rings (SSSR count). The second-order valence-corrected chi connectivity index (χ2v) is 7.24. The van der Waals surface area contributed by atoms with E-state index in [1.165, 1.54) is 29.2 Å². The van der Waals surface area contributed by atoms with Crippen LogP contribution in [-0.4, -0.2) is 40.7 Å². The van der Waals surface area contributed by atoms with Crippen molar-refractivity contribution in [1.82, 2.24) is 4.90 Å². The Hall–Kier alpha value is -3.27. The quantitative estimate of drug-likeness (QED) is 0.394. The van der Waals surface area contributed by atoms with E-state index < -0.39 is 29.1 Å². The highest BCUT2D eigenvalue weighted by Crippen LogP contribution is 2.35. The number of anilines is 1. The molecule has 172 valence electrons. The highest BCUT2D eigenvalue weighted by Gasteiger charge is 2.37. The molecule has 1 heterocycles. The number of amidine groups is 1. The van der Waals surface area contributed by atoms with Crippen LogP contribution in [0.5, 0.6) is 5.75 Å². The normalized spacial score (nSPS) is 13.4. The first-order valence-electron chi connectivity index (χ1n) is 9.53. The molecule has 0 radical (unpaired) electrons. The van der Waals surface area contributed by atoms with Crippen LogP contribution >= 0.6 is 12.4 Å². The lowest BCUT2D eigenvalue weighted by atomic mass is 10.0. The molecule has 0 bridgehead atoms. The summed E-state index contributed by atoms with van der Waals surface area (Å²) in [7, 11) is 0. The largest absolute Gasteiger partial charge is 0.508 e. The minimum absolute atomic E-state index is 0. The van der Waals surface area contributed by atoms with Gasteiger partial charge in [-0.1, -0.05) is 0 Å². The van der Waals surface area contributed by atoms with E-state index in [1.54, 1.807) is 0 Å². The zero-order chi connectivity index (χ0) is 22.8. The molecule has 0 aliphatic carbocycles. The van der Waals surface area contributed by atoms with Gasteiger partial charge in [-0.15, -0.1) is 12.4 Å². The summed E-state index contributed by atoms with van der Waals surface area (Å²) in [6.07, 6.45) is -3.62. The number of hydrogen-bond donors (Lipinski definition) is 4. The number of rotatable bonds is 5. The fraction of sp³-hybridized carbons (Fsp3) is 0.286. The molecule has 0 aromatic heterocycles. The third kappa shape index (κ3) is 5.70. The van der Waals surface area contributed by atoms with Crippen molar-refractivity contribution in [2.24, 2.45) is 5.73 Å². The van der Waals surface area contributed by atoms with Crippen LogP contribution in [0.2, 0.25) is 0 Å². The molecule has 2 aromatic rings.